The molecule has 5 atom stereocenters. The van der Waals surface area contributed by atoms with Crippen LogP contribution in [-0.2, 0) is 35.3 Å². The number of aliphatic carboxylic acids is 1. The van der Waals surface area contributed by atoms with Crippen molar-refractivity contribution in [1.29, 1.82) is 0 Å². The molecule has 1 aromatic carbocycles. The van der Waals surface area contributed by atoms with Crippen molar-refractivity contribution in [1.82, 2.24) is 21.3 Å². The van der Waals surface area contributed by atoms with Crippen LogP contribution in [0.5, 0.6) is 0 Å². The third-order valence-electron chi connectivity index (χ3n) is 6.62. The summed E-state index contributed by atoms with van der Waals surface area (Å²) in [5.74, 6) is -2.93. The molecule has 1 fully saturated rings. The molecule has 5 N–H and O–H groups in total. The average molecular weight is 603 g/mol. The molecule has 2 rings (SSSR count). The molecule has 0 aromatic heterocycles. The highest BCUT2D eigenvalue weighted by atomic mass is 16.6. The van der Waals surface area contributed by atoms with Gasteiger partial charge in [-0.2, -0.15) is 0 Å². The first-order valence-electron chi connectivity index (χ1n) is 14.6. The zero-order valence-electron chi connectivity index (χ0n) is 25.8. The van der Waals surface area contributed by atoms with Gasteiger partial charge in [-0.1, -0.05) is 50.3 Å². The number of hydrogen-bond donors (Lipinski definition) is 5. The Kier molecular flexibility index (Phi) is 13.6. The summed E-state index contributed by atoms with van der Waals surface area (Å²) >= 11 is 0. The van der Waals surface area contributed by atoms with Crippen LogP contribution in [0.3, 0.4) is 0 Å². The summed E-state index contributed by atoms with van der Waals surface area (Å²) in [5.41, 5.74) is 0.131. The Morgan fingerprint density at radius 2 is 1.72 bits per heavy atom. The molecule has 12 nitrogen and oxygen atoms in total. The molecule has 0 saturated carbocycles. The van der Waals surface area contributed by atoms with Gasteiger partial charge in [0, 0.05) is 24.6 Å². The normalized spacial score (nSPS) is 17.9. The maximum Gasteiger partial charge on any atom is 0.408 e. The number of carboxylic acid groups (broad SMARTS) is 1. The van der Waals surface area contributed by atoms with Crippen molar-refractivity contribution in [2.45, 2.75) is 97.2 Å². The van der Waals surface area contributed by atoms with Gasteiger partial charge in [-0.25, -0.2) is 9.59 Å². The van der Waals surface area contributed by atoms with Crippen molar-refractivity contribution in [2.24, 2.45) is 11.8 Å². The van der Waals surface area contributed by atoms with Gasteiger partial charge in [-0.05, 0) is 58.4 Å². The van der Waals surface area contributed by atoms with Crippen molar-refractivity contribution in [3.8, 4) is 0 Å². The van der Waals surface area contributed by atoms with Crippen LogP contribution in [0.1, 0.15) is 66.4 Å². The Bertz CT molecular complexity index is 1130. The second-order valence-electron chi connectivity index (χ2n) is 12.1. The van der Waals surface area contributed by atoms with E-state index in [2.05, 4.69) is 21.3 Å². The number of nitrogens with one attached hydrogen (secondary N) is 4. The fourth-order valence-corrected chi connectivity index (χ4v) is 4.72. The van der Waals surface area contributed by atoms with E-state index >= 15 is 0 Å². The predicted octanol–water partition coefficient (Wildman–Crippen LogP) is 2.67. The number of benzene rings is 1. The van der Waals surface area contributed by atoms with E-state index in [1.165, 1.54) is 6.08 Å². The summed E-state index contributed by atoms with van der Waals surface area (Å²) in [6, 6.07) is 6.11. The molecule has 0 spiro atoms. The van der Waals surface area contributed by atoms with E-state index in [1.807, 2.05) is 52.8 Å². The summed E-state index contributed by atoms with van der Waals surface area (Å²) in [6.45, 7) is 11.4. The number of carbonyl (C=O) groups excluding carboxylic acids is 4. The number of carbonyl (C=O) groups is 5. The monoisotopic (exact) mass is 602 g/mol. The maximum absolute atomic E-state index is 13.6. The van der Waals surface area contributed by atoms with E-state index in [-0.39, 0.29) is 37.2 Å². The molecule has 1 aromatic rings. The van der Waals surface area contributed by atoms with Crippen LogP contribution >= 0.6 is 0 Å². The van der Waals surface area contributed by atoms with E-state index in [0.29, 0.717) is 13.0 Å². The molecule has 0 radical (unpaired) electrons. The number of carboxylic acids is 1. The van der Waals surface area contributed by atoms with Gasteiger partial charge in [0.1, 0.15) is 18.7 Å². The average Bonchev–Trinajstić information content (AvgIpc) is 3.31. The van der Waals surface area contributed by atoms with Gasteiger partial charge in [-0.15, -0.1) is 0 Å². The van der Waals surface area contributed by atoms with Crippen LogP contribution in [0.4, 0.5) is 4.79 Å². The molecule has 2 unspecified atom stereocenters. The van der Waals surface area contributed by atoms with Gasteiger partial charge in [0.15, 0.2) is 0 Å². The molecular formula is C31H46N4O8. The molecule has 238 valence electrons. The highest BCUT2D eigenvalue weighted by Gasteiger charge is 2.35. The molecule has 1 saturated heterocycles. The topological polar surface area (TPSA) is 172 Å². The molecule has 4 amide bonds. The van der Waals surface area contributed by atoms with Crippen LogP contribution in [0.25, 0.3) is 0 Å². The second kappa shape index (κ2) is 16.6. The Morgan fingerprint density at radius 1 is 1.05 bits per heavy atom. The van der Waals surface area contributed by atoms with Gasteiger partial charge in [0.25, 0.3) is 0 Å². The van der Waals surface area contributed by atoms with Crippen LogP contribution in [0, 0.1) is 11.8 Å². The smallest absolute Gasteiger partial charge is 0.408 e. The van der Waals surface area contributed by atoms with Crippen LogP contribution < -0.4 is 21.3 Å². The van der Waals surface area contributed by atoms with E-state index in [4.69, 9.17) is 14.6 Å². The highest BCUT2D eigenvalue weighted by Crippen LogP contribution is 2.18. The van der Waals surface area contributed by atoms with Gasteiger partial charge in [0.05, 0.1) is 11.7 Å². The highest BCUT2D eigenvalue weighted by molar-refractivity contribution is 5.92. The molecule has 43 heavy (non-hydrogen) atoms. The van der Waals surface area contributed by atoms with Gasteiger partial charge < -0.3 is 35.8 Å². The first-order valence-corrected chi connectivity index (χ1v) is 14.6. The van der Waals surface area contributed by atoms with Crippen LogP contribution in [0.2, 0.25) is 0 Å². The minimum Gasteiger partial charge on any atom is -0.478 e. The van der Waals surface area contributed by atoms with Crippen LogP contribution in [0.15, 0.2) is 42.5 Å². The zero-order valence-corrected chi connectivity index (χ0v) is 25.8. The van der Waals surface area contributed by atoms with Crippen molar-refractivity contribution >= 4 is 29.8 Å². The summed E-state index contributed by atoms with van der Waals surface area (Å²) in [6.07, 6.45) is 1.66. The quantitative estimate of drug-likeness (QED) is 0.191. The van der Waals surface area contributed by atoms with Crippen molar-refractivity contribution in [2.75, 3.05) is 6.54 Å². The first kappa shape index (κ1) is 35.3. The van der Waals surface area contributed by atoms with E-state index in [9.17, 15) is 24.0 Å². The molecule has 12 heteroatoms. The first-order chi connectivity index (χ1) is 20.1. The lowest BCUT2D eigenvalue weighted by atomic mass is 9.96. The molecule has 0 aliphatic carbocycles. The third-order valence-corrected chi connectivity index (χ3v) is 6.62. The number of rotatable bonds is 15. The number of amides is 4. The summed E-state index contributed by atoms with van der Waals surface area (Å²) in [4.78, 5) is 63.1. The van der Waals surface area contributed by atoms with Gasteiger partial charge >= 0.3 is 12.1 Å². The summed E-state index contributed by atoms with van der Waals surface area (Å²) < 4.78 is 11.3. The van der Waals surface area contributed by atoms with Crippen molar-refractivity contribution < 1.29 is 38.6 Å². The summed E-state index contributed by atoms with van der Waals surface area (Å²) in [5, 5.41) is 20.0. The Morgan fingerprint density at radius 3 is 2.28 bits per heavy atom. The lowest BCUT2D eigenvalue weighted by Gasteiger charge is -2.32. The van der Waals surface area contributed by atoms with Crippen LogP contribution in [-0.4, -0.2) is 71.3 Å². The summed E-state index contributed by atoms with van der Waals surface area (Å²) in [7, 11) is 0. The molecule has 0 bridgehead atoms. The number of ether oxygens (including phenoxy) is 2. The fourth-order valence-electron chi connectivity index (χ4n) is 4.72. The van der Waals surface area contributed by atoms with E-state index < -0.39 is 53.7 Å². The minimum atomic E-state index is -1.20. The predicted molar refractivity (Wildman–Crippen MR) is 160 cm³/mol. The second-order valence-corrected chi connectivity index (χ2v) is 12.1. The lowest BCUT2D eigenvalue weighted by Crippen LogP contribution is -2.59. The third kappa shape index (κ3) is 13.3. The number of alkyl carbamates (subject to hydrolysis) is 1. The molecular weight excluding hydrogens is 556 g/mol. The van der Waals surface area contributed by atoms with E-state index in [0.717, 1.165) is 11.6 Å². The molecule has 1 aliphatic heterocycles. The van der Waals surface area contributed by atoms with Gasteiger partial charge in [-0.3, -0.25) is 14.4 Å². The number of hydrogen-bond acceptors (Lipinski definition) is 7. The SMILES string of the molecule is CC(C)C[C@H](NC(=O)[C@@H](NC(=O)OCc1ccccc1)C(C)OC(C)(C)C)C(=O)N[C@H](C=CC(=O)O)CC1CCNC1=O. The zero-order chi connectivity index (χ0) is 32.2. The Labute approximate surface area is 253 Å². The Hall–Kier alpha value is -3.93. The Balaban J connectivity index is 2.20. The fraction of sp³-hybridized carbons (Fsp3) is 0.581. The standard InChI is InChI=1S/C31H46N4O8/c1-19(2)16-24(28(39)33-23(12-13-25(36)37)17-22-14-15-32-27(22)38)34-29(40)26(20(3)43-31(4,5)6)35-30(41)42-18-21-10-8-7-9-11-21/h7-13,19-20,22-24,26H,14-18H2,1-6H3,(H,32,38)(H,33,39)(H,34,40)(H,35,41)(H,36,37)/t20?,22?,23-,24+,26+/m1/s1. The molecule has 1 aliphatic rings. The molecule has 1 heterocycles. The van der Waals surface area contributed by atoms with Gasteiger partial charge in [0.2, 0.25) is 17.7 Å². The van der Waals surface area contributed by atoms with Crippen molar-refractivity contribution in [3.63, 3.8) is 0 Å². The maximum atomic E-state index is 13.6. The van der Waals surface area contributed by atoms with Crippen molar-refractivity contribution in [3.05, 3.63) is 48.0 Å². The minimum absolute atomic E-state index is 0.00182. The van der Waals surface area contributed by atoms with E-state index in [1.54, 1.807) is 19.1 Å². The largest absolute Gasteiger partial charge is 0.478 e. The lowest BCUT2D eigenvalue weighted by molar-refractivity contribution is -0.135.